The van der Waals surface area contributed by atoms with Crippen molar-refractivity contribution in [2.45, 2.75) is 18.8 Å². The van der Waals surface area contributed by atoms with Crippen LogP contribution in [0, 0.1) is 0 Å². The SMILES string of the molecule is CCn1cc(CBr)c(-c2cccnc2)n1. The van der Waals surface area contributed by atoms with Crippen molar-refractivity contribution < 1.29 is 0 Å². The van der Waals surface area contributed by atoms with E-state index in [4.69, 9.17) is 0 Å². The first-order valence-electron chi connectivity index (χ1n) is 4.88. The average Bonchev–Trinajstić information content (AvgIpc) is 2.73. The number of hydrogen-bond acceptors (Lipinski definition) is 2. The fourth-order valence-corrected chi connectivity index (χ4v) is 1.88. The highest BCUT2D eigenvalue weighted by atomic mass is 79.9. The second kappa shape index (κ2) is 4.57. The molecule has 0 unspecified atom stereocenters. The second-order valence-corrected chi connectivity index (χ2v) is 3.79. The molecule has 2 aromatic rings. The minimum absolute atomic E-state index is 0.817. The Hall–Kier alpha value is -1.16. The Labute approximate surface area is 97.3 Å². The van der Waals surface area contributed by atoms with Crippen LogP contribution in [0.4, 0.5) is 0 Å². The molecule has 0 aliphatic rings. The van der Waals surface area contributed by atoms with Crippen LogP contribution in [0.15, 0.2) is 30.7 Å². The van der Waals surface area contributed by atoms with E-state index in [9.17, 15) is 0 Å². The molecule has 0 aliphatic heterocycles. The van der Waals surface area contributed by atoms with Gasteiger partial charge in [0.05, 0.1) is 5.69 Å². The molecule has 0 amide bonds. The van der Waals surface area contributed by atoms with Crippen molar-refractivity contribution in [3.63, 3.8) is 0 Å². The normalized spacial score (nSPS) is 10.5. The van der Waals surface area contributed by atoms with Gasteiger partial charge in [0, 0.05) is 41.6 Å². The molecule has 78 valence electrons. The number of alkyl halides is 1. The molecular formula is C11H12BrN3. The number of rotatable bonds is 3. The molecule has 0 spiro atoms. The topological polar surface area (TPSA) is 30.7 Å². The molecule has 2 heterocycles. The van der Waals surface area contributed by atoms with E-state index in [2.05, 4.69) is 39.1 Å². The Bertz CT molecular complexity index is 436. The fraction of sp³-hybridized carbons (Fsp3) is 0.273. The van der Waals surface area contributed by atoms with Crippen LogP contribution >= 0.6 is 15.9 Å². The maximum atomic E-state index is 4.52. The maximum Gasteiger partial charge on any atom is 0.0979 e. The predicted molar refractivity (Wildman–Crippen MR) is 63.8 cm³/mol. The van der Waals surface area contributed by atoms with Gasteiger partial charge in [0.25, 0.3) is 0 Å². The summed E-state index contributed by atoms with van der Waals surface area (Å²) in [6, 6.07) is 3.96. The van der Waals surface area contributed by atoms with Crippen LogP contribution in [0.5, 0.6) is 0 Å². The lowest BCUT2D eigenvalue weighted by molar-refractivity contribution is 0.661. The summed E-state index contributed by atoms with van der Waals surface area (Å²) in [4.78, 5) is 4.11. The zero-order chi connectivity index (χ0) is 10.7. The molecule has 0 saturated heterocycles. The van der Waals surface area contributed by atoms with E-state index in [1.807, 2.05) is 23.0 Å². The van der Waals surface area contributed by atoms with Gasteiger partial charge >= 0.3 is 0 Å². The molecular weight excluding hydrogens is 254 g/mol. The van der Waals surface area contributed by atoms with Gasteiger partial charge in [-0.2, -0.15) is 5.10 Å². The molecule has 0 radical (unpaired) electrons. The number of aromatic nitrogens is 3. The van der Waals surface area contributed by atoms with Crippen molar-refractivity contribution >= 4 is 15.9 Å². The molecule has 2 aromatic heterocycles. The van der Waals surface area contributed by atoms with E-state index >= 15 is 0 Å². The van der Waals surface area contributed by atoms with Crippen LogP contribution in [-0.2, 0) is 11.9 Å². The molecule has 3 nitrogen and oxygen atoms in total. The fourth-order valence-electron chi connectivity index (χ4n) is 1.47. The Morgan fingerprint density at radius 2 is 2.33 bits per heavy atom. The summed E-state index contributed by atoms with van der Waals surface area (Å²) >= 11 is 3.47. The van der Waals surface area contributed by atoms with Gasteiger partial charge in [-0.25, -0.2) is 0 Å². The van der Waals surface area contributed by atoms with Crippen molar-refractivity contribution in [3.8, 4) is 11.3 Å². The van der Waals surface area contributed by atoms with E-state index in [1.165, 1.54) is 5.56 Å². The Kier molecular flexibility index (Phi) is 3.16. The first-order valence-corrected chi connectivity index (χ1v) is 6.00. The summed E-state index contributed by atoms with van der Waals surface area (Å²) in [5, 5.41) is 5.33. The summed E-state index contributed by atoms with van der Waals surface area (Å²) in [7, 11) is 0. The largest absolute Gasteiger partial charge is 0.272 e. The molecule has 0 aromatic carbocycles. The van der Waals surface area contributed by atoms with Crippen LogP contribution in [0.3, 0.4) is 0 Å². The van der Waals surface area contributed by atoms with Crippen molar-refractivity contribution in [1.29, 1.82) is 0 Å². The van der Waals surface area contributed by atoms with Crippen LogP contribution in [0.2, 0.25) is 0 Å². The van der Waals surface area contributed by atoms with Crippen LogP contribution < -0.4 is 0 Å². The van der Waals surface area contributed by atoms with E-state index in [0.717, 1.165) is 23.1 Å². The minimum Gasteiger partial charge on any atom is -0.272 e. The summed E-state index contributed by atoms with van der Waals surface area (Å²) < 4.78 is 1.94. The lowest BCUT2D eigenvalue weighted by Gasteiger charge is -1.97. The van der Waals surface area contributed by atoms with Crippen LogP contribution in [-0.4, -0.2) is 14.8 Å². The molecule has 15 heavy (non-hydrogen) atoms. The molecule has 0 N–H and O–H groups in total. The van der Waals surface area contributed by atoms with E-state index in [-0.39, 0.29) is 0 Å². The Morgan fingerprint density at radius 3 is 2.93 bits per heavy atom. The number of pyridine rings is 1. The van der Waals surface area contributed by atoms with Crippen LogP contribution in [0.25, 0.3) is 11.3 Å². The van der Waals surface area contributed by atoms with Gasteiger partial charge in [-0.1, -0.05) is 15.9 Å². The zero-order valence-corrected chi connectivity index (χ0v) is 10.1. The van der Waals surface area contributed by atoms with Crippen LogP contribution in [0.1, 0.15) is 12.5 Å². The number of aryl methyl sites for hydroxylation is 1. The Balaban J connectivity index is 2.47. The van der Waals surface area contributed by atoms with Gasteiger partial charge in [-0.3, -0.25) is 9.67 Å². The van der Waals surface area contributed by atoms with Gasteiger partial charge in [0.2, 0.25) is 0 Å². The Morgan fingerprint density at radius 1 is 1.47 bits per heavy atom. The van der Waals surface area contributed by atoms with E-state index < -0.39 is 0 Å². The molecule has 0 bridgehead atoms. The second-order valence-electron chi connectivity index (χ2n) is 3.23. The summed E-state index contributed by atoms with van der Waals surface area (Å²) in [5.41, 5.74) is 3.28. The lowest BCUT2D eigenvalue weighted by atomic mass is 10.1. The molecule has 0 atom stereocenters. The maximum absolute atomic E-state index is 4.52. The highest BCUT2D eigenvalue weighted by Crippen LogP contribution is 2.22. The van der Waals surface area contributed by atoms with Gasteiger partial charge in [0.15, 0.2) is 0 Å². The highest BCUT2D eigenvalue weighted by molar-refractivity contribution is 9.08. The van der Waals surface area contributed by atoms with Crippen molar-refractivity contribution in [3.05, 3.63) is 36.3 Å². The number of halogens is 1. The quantitative estimate of drug-likeness (QED) is 0.800. The third-order valence-electron chi connectivity index (χ3n) is 2.24. The average molecular weight is 266 g/mol. The smallest absolute Gasteiger partial charge is 0.0979 e. The monoisotopic (exact) mass is 265 g/mol. The molecule has 2 rings (SSSR count). The van der Waals surface area contributed by atoms with E-state index in [0.29, 0.717) is 0 Å². The molecule has 0 saturated carbocycles. The first kappa shape index (κ1) is 10.4. The van der Waals surface area contributed by atoms with E-state index in [1.54, 1.807) is 6.20 Å². The summed E-state index contributed by atoms with van der Waals surface area (Å²) in [6.07, 6.45) is 5.68. The third-order valence-corrected chi connectivity index (χ3v) is 2.84. The zero-order valence-electron chi connectivity index (χ0n) is 8.52. The van der Waals surface area contributed by atoms with Gasteiger partial charge < -0.3 is 0 Å². The third kappa shape index (κ3) is 2.09. The van der Waals surface area contributed by atoms with Crippen molar-refractivity contribution in [1.82, 2.24) is 14.8 Å². The van der Waals surface area contributed by atoms with Crippen molar-refractivity contribution in [2.24, 2.45) is 0 Å². The van der Waals surface area contributed by atoms with Gasteiger partial charge in [-0.05, 0) is 19.1 Å². The molecule has 0 fully saturated rings. The van der Waals surface area contributed by atoms with Gasteiger partial charge in [-0.15, -0.1) is 0 Å². The molecule has 0 aliphatic carbocycles. The summed E-state index contributed by atoms with van der Waals surface area (Å²) in [6.45, 7) is 2.97. The standard InChI is InChI=1S/C11H12BrN3/c1-2-15-8-10(6-12)11(14-15)9-4-3-5-13-7-9/h3-5,7-8H,2,6H2,1H3. The summed E-state index contributed by atoms with van der Waals surface area (Å²) in [5.74, 6) is 0. The minimum atomic E-state index is 0.817. The first-order chi connectivity index (χ1) is 7.35. The van der Waals surface area contributed by atoms with Gasteiger partial charge in [0.1, 0.15) is 0 Å². The predicted octanol–water partition coefficient (Wildman–Crippen LogP) is 2.86. The molecule has 4 heteroatoms. The number of nitrogens with zero attached hydrogens (tertiary/aromatic N) is 3. The lowest BCUT2D eigenvalue weighted by Crippen LogP contribution is -1.93. The number of hydrogen-bond donors (Lipinski definition) is 0. The van der Waals surface area contributed by atoms with Crippen molar-refractivity contribution in [2.75, 3.05) is 0 Å². The highest BCUT2D eigenvalue weighted by Gasteiger charge is 2.09.